The molecule has 1 atom stereocenters. The van der Waals surface area contributed by atoms with Crippen LogP contribution in [0.2, 0.25) is 0 Å². The maximum Gasteiger partial charge on any atom is 0.0657 e. The summed E-state index contributed by atoms with van der Waals surface area (Å²) >= 11 is 7.50. The molecule has 0 aliphatic rings. The summed E-state index contributed by atoms with van der Waals surface area (Å²) in [5.74, 6) is 0. The zero-order chi connectivity index (χ0) is 10.8. The molecule has 2 aromatic rings. The first kappa shape index (κ1) is 11.6. The van der Waals surface area contributed by atoms with Gasteiger partial charge in [-0.15, -0.1) is 11.3 Å². The number of hydrogen-bond acceptors (Lipinski definition) is 2. The van der Waals surface area contributed by atoms with Gasteiger partial charge in [0.05, 0.1) is 6.04 Å². The topological polar surface area (TPSA) is 26.0 Å². The average molecular weight is 394 g/mol. The van der Waals surface area contributed by atoms with E-state index in [1.807, 2.05) is 17.5 Å². The molecule has 0 amide bonds. The van der Waals surface area contributed by atoms with E-state index in [4.69, 9.17) is 5.73 Å². The molecule has 2 rings (SSSR count). The minimum atomic E-state index is -0.0332. The van der Waals surface area contributed by atoms with Crippen LogP contribution in [0, 0.1) is 3.57 Å². The van der Waals surface area contributed by atoms with Crippen LogP contribution in [-0.4, -0.2) is 0 Å². The Bertz CT molecular complexity index is 469. The van der Waals surface area contributed by atoms with Gasteiger partial charge in [-0.05, 0) is 67.7 Å². The van der Waals surface area contributed by atoms with E-state index in [2.05, 4.69) is 56.7 Å². The minimum Gasteiger partial charge on any atom is -0.320 e. The number of halogens is 2. The molecule has 15 heavy (non-hydrogen) atoms. The van der Waals surface area contributed by atoms with Crippen molar-refractivity contribution in [1.82, 2.24) is 0 Å². The van der Waals surface area contributed by atoms with Crippen LogP contribution in [0.15, 0.2) is 40.2 Å². The van der Waals surface area contributed by atoms with Crippen LogP contribution < -0.4 is 5.73 Å². The summed E-state index contributed by atoms with van der Waals surface area (Å²) in [6.07, 6.45) is 0. The van der Waals surface area contributed by atoms with Crippen LogP contribution >= 0.6 is 49.9 Å². The molecule has 0 saturated carbocycles. The summed E-state index contributed by atoms with van der Waals surface area (Å²) in [6.45, 7) is 0. The van der Waals surface area contributed by atoms with Gasteiger partial charge in [0.2, 0.25) is 0 Å². The fourth-order valence-corrected chi connectivity index (χ4v) is 3.59. The highest BCUT2D eigenvalue weighted by Gasteiger charge is 2.13. The van der Waals surface area contributed by atoms with E-state index in [-0.39, 0.29) is 6.04 Å². The Morgan fingerprint density at radius 3 is 2.73 bits per heavy atom. The summed E-state index contributed by atoms with van der Waals surface area (Å²) in [6, 6.07) is 10.3. The second-order valence-corrected chi connectivity index (χ2v) is 6.21. The lowest BCUT2D eigenvalue weighted by molar-refractivity contribution is 0.888. The number of hydrogen-bond donors (Lipinski definition) is 1. The highest BCUT2D eigenvalue weighted by Crippen LogP contribution is 2.31. The van der Waals surface area contributed by atoms with Crippen molar-refractivity contribution >= 4 is 49.9 Å². The van der Waals surface area contributed by atoms with Crippen LogP contribution in [0.1, 0.15) is 16.5 Å². The predicted octanol–water partition coefficient (Wildman–Crippen LogP) is 4.16. The van der Waals surface area contributed by atoms with Crippen LogP contribution in [0.5, 0.6) is 0 Å². The fourth-order valence-electron chi connectivity index (χ4n) is 1.38. The van der Waals surface area contributed by atoms with Crippen molar-refractivity contribution in [2.24, 2.45) is 5.73 Å². The van der Waals surface area contributed by atoms with Crippen molar-refractivity contribution in [2.75, 3.05) is 0 Å². The van der Waals surface area contributed by atoms with Crippen molar-refractivity contribution in [1.29, 1.82) is 0 Å². The standard InChI is InChI=1S/C11H9BrINS/c12-9-4-5-15-11(9)10(14)7-2-1-3-8(13)6-7/h1-6,10H,14H2. The Hall–Kier alpha value is 0.0900. The van der Waals surface area contributed by atoms with Crippen molar-refractivity contribution in [2.45, 2.75) is 6.04 Å². The van der Waals surface area contributed by atoms with Crippen LogP contribution in [0.3, 0.4) is 0 Å². The van der Waals surface area contributed by atoms with Gasteiger partial charge in [0, 0.05) is 12.9 Å². The molecule has 78 valence electrons. The summed E-state index contributed by atoms with van der Waals surface area (Å²) in [7, 11) is 0. The lowest BCUT2D eigenvalue weighted by Crippen LogP contribution is -2.10. The molecule has 1 aromatic heterocycles. The van der Waals surface area contributed by atoms with E-state index >= 15 is 0 Å². The van der Waals surface area contributed by atoms with Crippen molar-refractivity contribution < 1.29 is 0 Å². The number of nitrogens with two attached hydrogens (primary N) is 1. The molecule has 1 unspecified atom stereocenters. The molecule has 0 bridgehead atoms. The van der Waals surface area contributed by atoms with E-state index in [9.17, 15) is 0 Å². The molecule has 0 aliphatic carbocycles. The van der Waals surface area contributed by atoms with Gasteiger partial charge >= 0.3 is 0 Å². The third-order valence-corrected chi connectivity index (χ3v) is 4.76. The zero-order valence-corrected chi connectivity index (χ0v) is 12.3. The number of benzene rings is 1. The Balaban J connectivity index is 2.36. The summed E-state index contributed by atoms with van der Waals surface area (Å²) in [5.41, 5.74) is 7.36. The Morgan fingerprint density at radius 2 is 2.13 bits per heavy atom. The van der Waals surface area contributed by atoms with E-state index in [1.54, 1.807) is 11.3 Å². The van der Waals surface area contributed by atoms with Crippen molar-refractivity contribution in [3.05, 3.63) is 54.2 Å². The SMILES string of the molecule is NC(c1cccc(I)c1)c1sccc1Br. The zero-order valence-electron chi connectivity index (χ0n) is 7.78. The molecule has 1 aromatic carbocycles. The molecule has 1 heterocycles. The monoisotopic (exact) mass is 393 g/mol. The summed E-state index contributed by atoms with van der Waals surface area (Å²) in [4.78, 5) is 1.18. The van der Waals surface area contributed by atoms with Crippen LogP contribution in [-0.2, 0) is 0 Å². The van der Waals surface area contributed by atoms with Gasteiger partial charge in [-0.1, -0.05) is 12.1 Å². The van der Waals surface area contributed by atoms with Crippen LogP contribution in [0.25, 0.3) is 0 Å². The maximum absolute atomic E-state index is 6.21. The molecule has 2 N–H and O–H groups in total. The van der Waals surface area contributed by atoms with Crippen molar-refractivity contribution in [3.63, 3.8) is 0 Å². The number of thiophene rings is 1. The van der Waals surface area contributed by atoms with Gasteiger partial charge in [0.15, 0.2) is 0 Å². The van der Waals surface area contributed by atoms with Gasteiger partial charge in [0.25, 0.3) is 0 Å². The first-order chi connectivity index (χ1) is 7.18. The van der Waals surface area contributed by atoms with Gasteiger partial charge in [-0.3, -0.25) is 0 Å². The number of rotatable bonds is 2. The van der Waals surface area contributed by atoms with E-state index in [0.29, 0.717) is 0 Å². The molecular formula is C11H9BrINS. The van der Waals surface area contributed by atoms with E-state index in [0.717, 1.165) is 10.0 Å². The molecule has 0 saturated heterocycles. The molecule has 0 fully saturated rings. The van der Waals surface area contributed by atoms with E-state index < -0.39 is 0 Å². The maximum atomic E-state index is 6.21. The summed E-state index contributed by atoms with van der Waals surface area (Å²) < 4.78 is 2.31. The van der Waals surface area contributed by atoms with Crippen LogP contribution in [0.4, 0.5) is 0 Å². The van der Waals surface area contributed by atoms with Gasteiger partial charge in [0.1, 0.15) is 0 Å². The molecule has 0 spiro atoms. The lowest BCUT2D eigenvalue weighted by Gasteiger charge is -2.11. The highest BCUT2D eigenvalue weighted by molar-refractivity contribution is 14.1. The van der Waals surface area contributed by atoms with Gasteiger partial charge < -0.3 is 5.73 Å². The fraction of sp³-hybridized carbons (Fsp3) is 0.0909. The average Bonchev–Trinajstić information content (AvgIpc) is 2.63. The normalized spacial score (nSPS) is 12.7. The second kappa shape index (κ2) is 4.95. The van der Waals surface area contributed by atoms with Gasteiger partial charge in [-0.25, -0.2) is 0 Å². The quantitative estimate of drug-likeness (QED) is 0.761. The first-order valence-corrected chi connectivity index (χ1v) is 7.17. The Labute approximate surface area is 115 Å². The first-order valence-electron chi connectivity index (χ1n) is 4.42. The molecule has 0 radical (unpaired) electrons. The Kier molecular flexibility index (Phi) is 3.82. The third-order valence-electron chi connectivity index (χ3n) is 2.14. The van der Waals surface area contributed by atoms with Crippen molar-refractivity contribution in [3.8, 4) is 0 Å². The Morgan fingerprint density at radius 1 is 1.33 bits per heavy atom. The van der Waals surface area contributed by atoms with Gasteiger partial charge in [-0.2, -0.15) is 0 Å². The van der Waals surface area contributed by atoms with E-state index in [1.165, 1.54) is 8.45 Å². The largest absolute Gasteiger partial charge is 0.320 e. The predicted molar refractivity (Wildman–Crippen MR) is 77.2 cm³/mol. The summed E-state index contributed by atoms with van der Waals surface area (Å²) in [5, 5.41) is 2.05. The smallest absolute Gasteiger partial charge is 0.0657 e. The lowest BCUT2D eigenvalue weighted by atomic mass is 10.1. The highest BCUT2D eigenvalue weighted by atomic mass is 127. The second-order valence-electron chi connectivity index (χ2n) is 3.17. The molecule has 1 nitrogen and oxygen atoms in total. The minimum absolute atomic E-state index is 0.0332. The molecule has 4 heteroatoms. The third kappa shape index (κ3) is 2.61. The molecular weight excluding hydrogens is 385 g/mol. The molecule has 0 aliphatic heterocycles.